The summed E-state index contributed by atoms with van der Waals surface area (Å²) in [4.78, 5) is 39.8. The standard InChI is InChI=1S/C11H15N5O3/c1-15-9(17)4-7(11(15)19)14-10(18)8-5-16(3-2-12)6-13-8/h5-7H,2-4,12H2,1H3,(H,14,18). The summed E-state index contributed by atoms with van der Waals surface area (Å²) < 4.78 is 1.68. The minimum atomic E-state index is -0.801. The number of nitrogens with zero attached hydrogens (tertiary/aromatic N) is 3. The molecule has 8 heteroatoms. The second-order valence-electron chi connectivity index (χ2n) is 4.31. The number of nitrogens with two attached hydrogens (primary N) is 1. The molecular weight excluding hydrogens is 250 g/mol. The smallest absolute Gasteiger partial charge is 0.272 e. The van der Waals surface area contributed by atoms with Gasteiger partial charge in [-0.2, -0.15) is 0 Å². The number of imide groups is 1. The van der Waals surface area contributed by atoms with Crippen LogP contribution in [0.25, 0.3) is 0 Å². The molecule has 3 N–H and O–H groups in total. The van der Waals surface area contributed by atoms with Crippen LogP contribution < -0.4 is 11.1 Å². The van der Waals surface area contributed by atoms with Gasteiger partial charge in [0.15, 0.2) is 0 Å². The Balaban J connectivity index is 2.01. The molecule has 2 rings (SSSR count). The lowest BCUT2D eigenvalue weighted by Crippen LogP contribution is -2.40. The molecular formula is C11H15N5O3. The average molecular weight is 265 g/mol. The molecule has 1 aromatic rings. The number of carbonyl (C=O) groups excluding carboxylic acids is 3. The Labute approximate surface area is 109 Å². The van der Waals surface area contributed by atoms with E-state index in [0.717, 1.165) is 4.90 Å². The highest BCUT2D eigenvalue weighted by Crippen LogP contribution is 2.11. The van der Waals surface area contributed by atoms with Crippen molar-refractivity contribution in [1.82, 2.24) is 19.8 Å². The third kappa shape index (κ3) is 2.63. The molecule has 2 heterocycles. The summed E-state index contributed by atoms with van der Waals surface area (Å²) in [5.41, 5.74) is 5.59. The van der Waals surface area contributed by atoms with Crippen LogP contribution in [-0.4, -0.2) is 51.8 Å². The number of likely N-dealkylation sites (N-methyl/N-ethyl adjacent to an activating group) is 1. The molecule has 19 heavy (non-hydrogen) atoms. The number of amides is 3. The van der Waals surface area contributed by atoms with Gasteiger partial charge in [-0.25, -0.2) is 4.98 Å². The van der Waals surface area contributed by atoms with E-state index in [2.05, 4.69) is 10.3 Å². The van der Waals surface area contributed by atoms with Crippen molar-refractivity contribution < 1.29 is 14.4 Å². The van der Waals surface area contributed by atoms with E-state index < -0.39 is 17.9 Å². The molecule has 1 aliphatic heterocycles. The first-order valence-electron chi connectivity index (χ1n) is 5.86. The maximum Gasteiger partial charge on any atom is 0.272 e. The van der Waals surface area contributed by atoms with Crippen LogP contribution in [0.1, 0.15) is 16.9 Å². The minimum Gasteiger partial charge on any atom is -0.338 e. The fourth-order valence-corrected chi connectivity index (χ4v) is 1.85. The van der Waals surface area contributed by atoms with Gasteiger partial charge in [0.2, 0.25) is 5.91 Å². The van der Waals surface area contributed by atoms with E-state index >= 15 is 0 Å². The predicted molar refractivity (Wildman–Crippen MR) is 64.9 cm³/mol. The third-order valence-electron chi connectivity index (χ3n) is 2.94. The summed E-state index contributed by atoms with van der Waals surface area (Å²) in [6, 6.07) is -0.801. The highest BCUT2D eigenvalue weighted by Gasteiger charge is 2.37. The topological polar surface area (TPSA) is 110 Å². The second-order valence-corrected chi connectivity index (χ2v) is 4.31. The first-order valence-corrected chi connectivity index (χ1v) is 5.86. The average Bonchev–Trinajstić information content (AvgIpc) is 2.92. The van der Waals surface area contributed by atoms with Crippen molar-refractivity contribution in [3.05, 3.63) is 18.2 Å². The third-order valence-corrected chi connectivity index (χ3v) is 2.94. The molecule has 0 spiro atoms. The van der Waals surface area contributed by atoms with Gasteiger partial charge < -0.3 is 15.6 Å². The van der Waals surface area contributed by atoms with Gasteiger partial charge in [-0.1, -0.05) is 0 Å². The number of likely N-dealkylation sites (tertiary alicyclic amines) is 1. The highest BCUT2D eigenvalue weighted by molar-refractivity contribution is 6.07. The molecule has 0 bridgehead atoms. The molecule has 1 atom stereocenters. The summed E-state index contributed by atoms with van der Waals surface area (Å²) in [7, 11) is 1.40. The lowest BCUT2D eigenvalue weighted by molar-refractivity contribution is -0.137. The fourth-order valence-electron chi connectivity index (χ4n) is 1.85. The zero-order valence-electron chi connectivity index (χ0n) is 10.5. The number of imidazole rings is 1. The van der Waals surface area contributed by atoms with E-state index in [-0.39, 0.29) is 18.0 Å². The molecule has 1 unspecified atom stereocenters. The van der Waals surface area contributed by atoms with Crippen molar-refractivity contribution in [2.75, 3.05) is 13.6 Å². The number of rotatable bonds is 4. The lowest BCUT2D eigenvalue weighted by Gasteiger charge is -2.09. The second kappa shape index (κ2) is 5.19. The van der Waals surface area contributed by atoms with E-state index in [4.69, 9.17) is 5.73 Å². The van der Waals surface area contributed by atoms with Crippen molar-refractivity contribution in [3.63, 3.8) is 0 Å². The van der Waals surface area contributed by atoms with Gasteiger partial charge in [0.1, 0.15) is 11.7 Å². The maximum atomic E-state index is 11.9. The van der Waals surface area contributed by atoms with E-state index in [1.807, 2.05) is 0 Å². The lowest BCUT2D eigenvalue weighted by atomic mass is 10.2. The quantitative estimate of drug-likeness (QED) is 0.632. The minimum absolute atomic E-state index is 0.00934. The Morgan fingerprint density at radius 2 is 2.32 bits per heavy atom. The van der Waals surface area contributed by atoms with Crippen molar-refractivity contribution in [3.8, 4) is 0 Å². The monoisotopic (exact) mass is 265 g/mol. The molecule has 102 valence electrons. The van der Waals surface area contributed by atoms with Gasteiger partial charge >= 0.3 is 0 Å². The zero-order chi connectivity index (χ0) is 14.0. The molecule has 8 nitrogen and oxygen atoms in total. The molecule has 1 aliphatic rings. The van der Waals surface area contributed by atoms with E-state index in [9.17, 15) is 14.4 Å². The van der Waals surface area contributed by atoms with Gasteiger partial charge in [0.25, 0.3) is 11.8 Å². The predicted octanol–water partition coefficient (Wildman–Crippen LogP) is -1.67. The number of hydrogen-bond donors (Lipinski definition) is 2. The fraction of sp³-hybridized carbons (Fsp3) is 0.455. The maximum absolute atomic E-state index is 11.9. The van der Waals surface area contributed by atoms with Crippen LogP contribution >= 0.6 is 0 Å². The van der Waals surface area contributed by atoms with E-state index in [1.165, 1.54) is 13.4 Å². The normalized spacial score (nSPS) is 19.1. The number of hydrogen-bond acceptors (Lipinski definition) is 5. The van der Waals surface area contributed by atoms with Gasteiger partial charge in [-0.15, -0.1) is 0 Å². The molecule has 0 aliphatic carbocycles. The summed E-state index contributed by atoms with van der Waals surface area (Å²) >= 11 is 0. The van der Waals surface area contributed by atoms with Crippen LogP contribution in [0.3, 0.4) is 0 Å². The molecule has 1 fully saturated rings. The van der Waals surface area contributed by atoms with E-state index in [0.29, 0.717) is 13.1 Å². The van der Waals surface area contributed by atoms with Crippen molar-refractivity contribution in [2.24, 2.45) is 5.73 Å². The first-order chi connectivity index (χ1) is 9.02. The van der Waals surface area contributed by atoms with Crippen LogP contribution in [-0.2, 0) is 16.1 Å². The Hall–Kier alpha value is -2.22. The van der Waals surface area contributed by atoms with Crippen LogP contribution in [0.4, 0.5) is 0 Å². The van der Waals surface area contributed by atoms with Crippen LogP contribution in [0, 0.1) is 0 Å². The molecule has 0 saturated carbocycles. The van der Waals surface area contributed by atoms with Gasteiger partial charge in [-0.3, -0.25) is 19.3 Å². The highest BCUT2D eigenvalue weighted by atomic mass is 16.2. The van der Waals surface area contributed by atoms with Crippen LogP contribution in [0.15, 0.2) is 12.5 Å². The van der Waals surface area contributed by atoms with Crippen molar-refractivity contribution in [1.29, 1.82) is 0 Å². The number of nitrogens with one attached hydrogen (secondary N) is 1. The zero-order valence-corrected chi connectivity index (χ0v) is 10.5. The summed E-state index contributed by atoms with van der Waals surface area (Å²) in [5, 5.41) is 2.50. The number of carbonyl (C=O) groups is 3. The SMILES string of the molecule is CN1C(=O)CC(NC(=O)c2cn(CCN)cn2)C1=O. The van der Waals surface area contributed by atoms with Crippen LogP contribution in [0.5, 0.6) is 0 Å². The largest absolute Gasteiger partial charge is 0.338 e. The van der Waals surface area contributed by atoms with E-state index in [1.54, 1.807) is 10.8 Å². The van der Waals surface area contributed by atoms with Gasteiger partial charge in [0, 0.05) is 26.3 Å². The van der Waals surface area contributed by atoms with Gasteiger partial charge in [0.05, 0.1) is 12.7 Å². The Morgan fingerprint density at radius 1 is 1.58 bits per heavy atom. The molecule has 0 aromatic carbocycles. The summed E-state index contributed by atoms with van der Waals surface area (Å²) in [5.74, 6) is -1.18. The van der Waals surface area contributed by atoms with Crippen molar-refractivity contribution in [2.45, 2.75) is 19.0 Å². The Kier molecular flexibility index (Phi) is 3.61. The first kappa shape index (κ1) is 13.2. The molecule has 1 saturated heterocycles. The summed E-state index contributed by atoms with van der Waals surface area (Å²) in [6.07, 6.45) is 3.03. The van der Waals surface area contributed by atoms with Gasteiger partial charge in [-0.05, 0) is 0 Å². The summed E-state index contributed by atoms with van der Waals surface area (Å²) in [6.45, 7) is 1.00. The van der Waals surface area contributed by atoms with Crippen LogP contribution in [0.2, 0.25) is 0 Å². The molecule has 1 aromatic heterocycles. The van der Waals surface area contributed by atoms with Crippen molar-refractivity contribution >= 4 is 17.7 Å². The number of aromatic nitrogens is 2. The molecule has 3 amide bonds. The Bertz CT molecular complexity index is 524. The molecule has 0 radical (unpaired) electrons. The Morgan fingerprint density at radius 3 is 2.89 bits per heavy atom.